The maximum atomic E-state index is 9.16. The van der Waals surface area contributed by atoms with Gasteiger partial charge in [-0.15, -0.1) is 23.5 Å². The smallest absolute Gasteiger partial charge is 0.0661 e. The zero-order chi connectivity index (χ0) is 7.73. The van der Waals surface area contributed by atoms with E-state index in [1.807, 2.05) is 0 Å². The Bertz CT molecular complexity index is 138. The Balaban J connectivity index is 2.09. The Labute approximate surface area is 76.3 Å². The van der Waals surface area contributed by atoms with Crippen LogP contribution in [-0.4, -0.2) is 27.3 Å². The topological polar surface area (TPSA) is 20.2 Å². The van der Waals surface area contributed by atoms with Gasteiger partial charge in [-0.1, -0.05) is 6.42 Å². The Morgan fingerprint density at radius 1 is 1.36 bits per heavy atom. The molecule has 2 aliphatic rings. The number of hydrogen-bond acceptors (Lipinski definition) is 3. The lowest BCUT2D eigenvalue weighted by atomic mass is 10.1. The van der Waals surface area contributed by atoms with E-state index in [0.29, 0.717) is 16.6 Å². The van der Waals surface area contributed by atoms with Crippen LogP contribution in [0.3, 0.4) is 0 Å². The third kappa shape index (κ3) is 1.31. The van der Waals surface area contributed by atoms with Gasteiger partial charge in [0.1, 0.15) is 0 Å². The molecule has 1 aliphatic carbocycles. The van der Waals surface area contributed by atoms with Crippen molar-refractivity contribution in [2.24, 2.45) is 5.92 Å². The quantitative estimate of drug-likeness (QED) is 0.682. The molecule has 0 radical (unpaired) electrons. The molecule has 1 aliphatic heterocycles. The van der Waals surface area contributed by atoms with Gasteiger partial charge in [0, 0.05) is 24.0 Å². The van der Waals surface area contributed by atoms with Crippen molar-refractivity contribution in [1.82, 2.24) is 0 Å². The van der Waals surface area contributed by atoms with Crippen molar-refractivity contribution in [2.45, 2.75) is 23.3 Å². The van der Waals surface area contributed by atoms with Crippen LogP contribution in [0, 0.1) is 5.92 Å². The molecule has 1 N–H and O–H groups in total. The van der Waals surface area contributed by atoms with Gasteiger partial charge in [0.2, 0.25) is 0 Å². The second kappa shape index (κ2) is 3.19. The number of thioether (sulfide) groups is 2. The van der Waals surface area contributed by atoms with Crippen LogP contribution in [0.1, 0.15) is 19.3 Å². The molecule has 1 nitrogen and oxygen atoms in total. The summed E-state index contributed by atoms with van der Waals surface area (Å²) in [5.74, 6) is 3.17. The summed E-state index contributed by atoms with van der Waals surface area (Å²) in [5, 5.41) is 9.16. The van der Waals surface area contributed by atoms with Gasteiger partial charge < -0.3 is 5.11 Å². The summed E-state index contributed by atoms with van der Waals surface area (Å²) in [5.41, 5.74) is 0. The average Bonchev–Trinajstić information content (AvgIpc) is 2.62. The van der Waals surface area contributed by atoms with Crippen LogP contribution in [0.2, 0.25) is 0 Å². The van der Waals surface area contributed by atoms with Crippen LogP contribution in [0.15, 0.2) is 0 Å². The molecule has 1 unspecified atom stereocenters. The maximum Gasteiger partial charge on any atom is 0.0661 e. The standard InChI is InChI=1S/C8H14OS2/c9-6-7-2-1-3-8(7)10-4-5-11-8/h7,9H,1-6H2. The summed E-state index contributed by atoms with van der Waals surface area (Å²) in [6.07, 6.45) is 3.90. The highest BCUT2D eigenvalue weighted by Crippen LogP contribution is 2.57. The molecule has 64 valence electrons. The molecular formula is C8H14OS2. The molecule has 1 atom stereocenters. The molecule has 0 aromatic carbocycles. The lowest BCUT2D eigenvalue weighted by molar-refractivity contribution is 0.228. The first-order valence-corrected chi connectivity index (χ1v) is 6.23. The van der Waals surface area contributed by atoms with Crippen LogP contribution in [0.25, 0.3) is 0 Å². The fourth-order valence-corrected chi connectivity index (χ4v) is 5.72. The predicted octanol–water partition coefficient (Wildman–Crippen LogP) is 1.96. The molecule has 1 saturated heterocycles. The summed E-state index contributed by atoms with van der Waals surface area (Å²) in [4.78, 5) is 0. The Morgan fingerprint density at radius 2 is 2.09 bits per heavy atom. The molecule has 0 bridgehead atoms. The van der Waals surface area contributed by atoms with E-state index in [9.17, 15) is 0 Å². The number of aliphatic hydroxyl groups is 1. The van der Waals surface area contributed by atoms with E-state index in [1.165, 1.54) is 30.8 Å². The van der Waals surface area contributed by atoms with Gasteiger partial charge in [0.15, 0.2) is 0 Å². The Kier molecular flexibility index (Phi) is 2.40. The monoisotopic (exact) mass is 190 g/mol. The second-order valence-electron chi connectivity index (χ2n) is 3.28. The van der Waals surface area contributed by atoms with Gasteiger partial charge >= 0.3 is 0 Å². The third-order valence-corrected chi connectivity index (χ3v) is 6.53. The highest BCUT2D eigenvalue weighted by Gasteiger charge is 2.45. The molecule has 2 fully saturated rings. The number of hydrogen-bond donors (Lipinski definition) is 1. The number of rotatable bonds is 1. The molecule has 1 saturated carbocycles. The molecule has 3 heteroatoms. The first kappa shape index (κ1) is 8.27. The van der Waals surface area contributed by atoms with Crippen molar-refractivity contribution in [1.29, 1.82) is 0 Å². The maximum absolute atomic E-state index is 9.16. The van der Waals surface area contributed by atoms with Gasteiger partial charge in [0.25, 0.3) is 0 Å². The van der Waals surface area contributed by atoms with Crippen molar-refractivity contribution in [3.63, 3.8) is 0 Å². The molecule has 1 heterocycles. The van der Waals surface area contributed by atoms with Gasteiger partial charge in [-0.05, 0) is 12.8 Å². The largest absolute Gasteiger partial charge is 0.396 e. The van der Waals surface area contributed by atoms with Crippen molar-refractivity contribution >= 4 is 23.5 Å². The minimum Gasteiger partial charge on any atom is -0.396 e. The summed E-state index contributed by atoms with van der Waals surface area (Å²) < 4.78 is 0.439. The van der Waals surface area contributed by atoms with Crippen LogP contribution < -0.4 is 0 Å². The van der Waals surface area contributed by atoms with Crippen molar-refractivity contribution < 1.29 is 5.11 Å². The van der Waals surface area contributed by atoms with E-state index >= 15 is 0 Å². The Hall–Kier alpha value is 0.660. The fourth-order valence-electron chi connectivity index (χ4n) is 2.10. The van der Waals surface area contributed by atoms with Crippen molar-refractivity contribution in [2.75, 3.05) is 18.1 Å². The molecule has 0 aromatic rings. The van der Waals surface area contributed by atoms with Gasteiger partial charge in [-0.25, -0.2) is 0 Å². The molecule has 11 heavy (non-hydrogen) atoms. The zero-order valence-electron chi connectivity index (χ0n) is 6.58. The minimum atomic E-state index is 0.403. The van der Waals surface area contributed by atoms with E-state index in [0.717, 1.165) is 0 Å². The summed E-state index contributed by atoms with van der Waals surface area (Å²) in [7, 11) is 0. The van der Waals surface area contributed by atoms with E-state index in [2.05, 4.69) is 23.5 Å². The fraction of sp³-hybridized carbons (Fsp3) is 1.00. The van der Waals surface area contributed by atoms with Crippen LogP contribution in [-0.2, 0) is 0 Å². The van der Waals surface area contributed by atoms with Crippen LogP contribution in [0.5, 0.6) is 0 Å². The van der Waals surface area contributed by atoms with Crippen LogP contribution >= 0.6 is 23.5 Å². The zero-order valence-corrected chi connectivity index (χ0v) is 8.22. The van der Waals surface area contributed by atoms with Crippen LogP contribution in [0.4, 0.5) is 0 Å². The summed E-state index contributed by atoms with van der Waals surface area (Å²) in [6, 6.07) is 0. The van der Waals surface area contributed by atoms with Gasteiger partial charge in [-0.2, -0.15) is 0 Å². The lowest BCUT2D eigenvalue weighted by Gasteiger charge is -2.27. The summed E-state index contributed by atoms with van der Waals surface area (Å²) in [6.45, 7) is 0.403. The SMILES string of the molecule is OCC1CCCC12SCCS2. The average molecular weight is 190 g/mol. The van der Waals surface area contributed by atoms with Crippen molar-refractivity contribution in [3.8, 4) is 0 Å². The molecule has 0 amide bonds. The van der Waals surface area contributed by atoms with Gasteiger partial charge in [-0.3, -0.25) is 0 Å². The summed E-state index contributed by atoms with van der Waals surface area (Å²) >= 11 is 4.18. The minimum absolute atomic E-state index is 0.403. The number of aliphatic hydroxyl groups excluding tert-OH is 1. The lowest BCUT2D eigenvalue weighted by Crippen LogP contribution is -2.25. The first-order chi connectivity index (χ1) is 5.37. The highest BCUT2D eigenvalue weighted by molar-refractivity contribution is 8.21. The van der Waals surface area contributed by atoms with E-state index < -0.39 is 0 Å². The normalized spacial score (nSPS) is 35.2. The molecule has 0 aromatic heterocycles. The van der Waals surface area contributed by atoms with E-state index in [4.69, 9.17) is 5.11 Å². The molecular weight excluding hydrogens is 176 g/mol. The molecule has 1 spiro atoms. The van der Waals surface area contributed by atoms with Gasteiger partial charge in [0.05, 0.1) is 4.08 Å². The van der Waals surface area contributed by atoms with E-state index in [1.54, 1.807) is 0 Å². The van der Waals surface area contributed by atoms with E-state index in [-0.39, 0.29) is 0 Å². The molecule has 2 rings (SSSR count). The Morgan fingerprint density at radius 3 is 2.73 bits per heavy atom. The van der Waals surface area contributed by atoms with Crippen molar-refractivity contribution in [3.05, 3.63) is 0 Å². The highest BCUT2D eigenvalue weighted by atomic mass is 32.2. The third-order valence-electron chi connectivity index (χ3n) is 2.70. The predicted molar refractivity (Wildman–Crippen MR) is 52.1 cm³/mol. The second-order valence-corrected chi connectivity index (χ2v) is 6.39. The first-order valence-electron chi connectivity index (χ1n) is 4.26.